The molecule has 2 heterocycles. The minimum atomic E-state index is -1.45. The Hall–Kier alpha value is -5.97. The average Bonchev–Trinajstić information content (AvgIpc) is 3.99. The summed E-state index contributed by atoms with van der Waals surface area (Å²) in [7, 11) is 3.02. The van der Waals surface area contributed by atoms with Crippen LogP contribution in [0.15, 0.2) is 67.1 Å². The van der Waals surface area contributed by atoms with Gasteiger partial charge in [-0.1, -0.05) is 55.3 Å². The number of aryl methyl sites for hydroxylation is 1. The first kappa shape index (κ1) is 52.0. The van der Waals surface area contributed by atoms with Crippen LogP contribution in [0.3, 0.4) is 0 Å². The van der Waals surface area contributed by atoms with Gasteiger partial charge in [0, 0.05) is 51.2 Å². The number of carbonyl (C=O) groups excluding carboxylic acids is 6. The van der Waals surface area contributed by atoms with E-state index in [0.29, 0.717) is 29.8 Å². The fourth-order valence-electron chi connectivity index (χ4n) is 8.47. The lowest BCUT2D eigenvalue weighted by molar-refractivity contribution is -0.145. The molecule has 1 saturated heterocycles. The van der Waals surface area contributed by atoms with Crippen molar-refractivity contribution in [3.63, 3.8) is 0 Å². The van der Waals surface area contributed by atoms with Crippen LogP contribution in [0, 0.1) is 0 Å². The van der Waals surface area contributed by atoms with Crippen LogP contribution in [0.5, 0.6) is 5.75 Å². The zero-order valence-electron chi connectivity index (χ0n) is 41.0. The number of ether oxygens (including phenoxy) is 4. The largest absolute Gasteiger partial charge is 0.488 e. The van der Waals surface area contributed by atoms with Crippen LogP contribution in [-0.4, -0.2) is 116 Å². The van der Waals surface area contributed by atoms with Crippen molar-refractivity contribution in [1.82, 2.24) is 35.7 Å². The Kier molecular flexibility index (Phi) is 16.9. The van der Waals surface area contributed by atoms with Crippen LogP contribution in [0.2, 0.25) is 0 Å². The molecule has 5 rings (SSSR count). The molecule has 4 N–H and O–H groups in total. The van der Waals surface area contributed by atoms with E-state index in [1.54, 1.807) is 57.0 Å². The summed E-state index contributed by atoms with van der Waals surface area (Å²) in [6, 6.07) is 11.9. The summed E-state index contributed by atoms with van der Waals surface area (Å²) in [6.07, 6.45) is 3.93. The van der Waals surface area contributed by atoms with E-state index in [4.69, 9.17) is 18.9 Å². The highest BCUT2D eigenvalue weighted by molar-refractivity contribution is 5.98. The standard InChI is InChI=1S/C50H71N7O10/c1-47(2,3)65-35-21-19-33(20-22-35)25-37(41(58)52-39(44(61)64-11)26-32-17-13-12-14-18-32)53-45(62)50(23-15-16-24-50)55-42(59)40-28-36(66-48(4,5)6)30-57(40)43(60)38(27-34-29-51-31-56(34)10)54-46(63)67-49(7,8)9/h12-14,17-22,29,31,36-40H,15-16,23-28,30H2,1-11H3,(H,52,58)(H,53,62)(H,54,63)(H,55,59)/t36-,37+,38+,39+,40+/m1/s1. The second-order valence-electron chi connectivity index (χ2n) is 20.6. The maximum atomic E-state index is 14.8. The van der Waals surface area contributed by atoms with E-state index in [9.17, 15) is 28.8 Å². The lowest BCUT2D eigenvalue weighted by Crippen LogP contribution is -2.64. The molecule has 0 unspecified atom stereocenters. The summed E-state index contributed by atoms with van der Waals surface area (Å²) < 4.78 is 24.7. The Balaban J connectivity index is 1.44. The SMILES string of the molecule is COC(=O)[C@H](Cc1ccccc1)NC(=O)[C@H](Cc1ccc(OC(C)(C)C)cc1)NC(=O)C1(NC(=O)[C@@H]2C[C@@H](OC(C)(C)C)CN2C(=O)[C@H](Cc2cncn2C)NC(=O)OC(C)(C)C)CCCC1. The van der Waals surface area contributed by atoms with Crippen LogP contribution in [0.25, 0.3) is 0 Å². The van der Waals surface area contributed by atoms with Gasteiger partial charge in [0.1, 0.15) is 46.7 Å². The van der Waals surface area contributed by atoms with E-state index >= 15 is 0 Å². The molecule has 2 aromatic carbocycles. The van der Waals surface area contributed by atoms with Gasteiger partial charge in [-0.25, -0.2) is 14.6 Å². The highest BCUT2D eigenvalue weighted by Crippen LogP contribution is 2.33. The molecular weight excluding hydrogens is 859 g/mol. The number of carbonyl (C=O) groups is 6. The highest BCUT2D eigenvalue weighted by atomic mass is 16.6. The van der Waals surface area contributed by atoms with Crippen LogP contribution >= 0.6 is 0 Å². The maximum absolute atomic E-state index is 14.8. The molecule has 0 spiro atoms. The number of methoxy groups -OCH3 is 1. The summed E-state index contributed by atoms with van der Waals surface area (Å²) in [6.45, 7) is 16.7. The number of hydrogen-bond donors (Lipinski definition) is 4. The van der Waals surface area contributed by atoms with Crippen molar-refractivity contribution in [3.8, 4) is 5.75 Å². The Morgan fingerprint density at radius 2 is 1.39 bits per heavy atom. The second-order valence-corrected chi connectivity index (χ2v) is 20.6. The van der Waals surface area contributed by atoms with Crippen molar-refractivity contribution < 1.29 is 47.7 Å². The molecule has 67 heavy (non-hydrogen) atoms. The quantitative estimate of drug-likeness (QED) is 0.134. The molecular formula is C50H71N7O10. The molecule has 2 aliphatic rings. The number of esters is 1. The van der Waals surface area contributed by atoms with Gasteiger partial charge in [0.15, 0.2) is 0 Å². The van der Waals surface area contributed by atoms with E-state index in [1.165, 1.54) is 12.0 Å². The van der Waals surface area contributed by atoms with Gasteiger partial charge in [-0.3, -0.25) is 19.2 Å². The predicted molar refractivity (Wildman–Crippen MR) is 251 cm³/mol. The van der Waals surface area contributed by atoms with Crippen LogP contribution in [0.4, 0.5) is 4.79 Å². The second kappa shape index (κ2) is 21.8. The number of likely N-dealkylation sites (tertiary alicyclic amines) is 1. The fraction of sp³-hybridized carbons (Fsp3) is 0.580. The Bertz CT molecular complexity index is 2180. The van der Waals surface area contributed by atoms with Crippen molar-refractivity contribution in [2.24, 2.45) is 7.05 Å². The third kappa shape index (κ3) is 15.3. The molecule has 1 aromatic heterocycles. The van der Waals surface area contributed by atoms with E-state index in [0.717, 1.165) is 5.56 Å². The van der Waals surface area contributed by atoms with Crippen molar-refractivity contribution >= 4 is 35.7 Å². The average molecular weight is 930 g/mol. The molecule has 0 radical (unpaired) electrons. The molecule has 3 aromatic rings. The lowest BCUT2D eigenvalue weighted by atomic mass is 9.93. The van der Waals surface area contributed by atoms with Gasteiger partial charge >= 0.3 is 12.1 Å². The molecule has 0 bridgehead atoms. The number of imidazole rings is 1. The minimum absolute atomic E-state index is 0.0378. The summed E-state index contributed by atoms with van der Waals surface area (Å²) in [5, 5.41) is 11.6. The van der Waals surface area contributed by atoms with Gasteiger partial charge in [0.05, 0.1) is 25.1 Å². The number of alkyl carbamates (subject to hydrolysis) is 1. The summed E-state index contributed by atoms with van der Waals surface area (Å²) in [5.74, 6) is -2.35. The zero-order chi connectivity index (χ0) is 49.3. The molecule has 17 heteroatoms. The number of amides is 5. The van der Waals surface area contributed by atoms with Crippen molar-refractivity contribution in [1.29, 1.82) is 0 Å². The first-order valence-electron chi connectivity index (χ1n) is 23.1. The first-order chi connectivity index (χ1) is 31.3. The number of benzene rings is 2. The highest BCUT2D eigenvalue weighted by Gasteiger charge is 2.49. The number of aromatic nitrogens is 2. The fourth-order valence-corrected chi connectivity index (χ4v) is 8.47. The van der Waals surface area contributed by atoms with E-state index < -0.39 is 88.3 Å². The van der Waals surface area contributed by atoms with Crippen LogP contribution < -0.4 is 26.0 Å². The van der Waals surface area contributed by atoms with Crippen molar-refractivity contribution in [3.05, 3.63) is 83.9 Å². The van der Waals surface area contributed by atoms with Gasteiger partial charge in [-0.2, -0.15) is 0 Å². The van der Waals surface area contributed by atoms with E-state index in [2.05, 4.69) is 26.3 Å². The molecule has 1 aliphatic carbocycles. The topological polar surface area (TPSA) is 209 Å². The molecule has 2 fully saturated rings. The molecule has 1 saturated carbocycles. The van der Waals surface area contributed by atoms with E-state index in [1.807, 2.05) is 84.0 Å². The Labute approximate surface area is 394 Å². The summed E-state index contributed by atoms with van der Waals surface area (Å²) in [4.78, 5) is 90.6. The normalized spacial score (nSPS) is 18.5. The predicted octanol–water partition coefficient (Wildman–Crippen LogP) is 4.87. The number of nitrogens with one attached hydrogen (secondary N) is 4. The molecule has 366 valence electrons. The number of nitrogens with zero attached hydrogens (tertiary/aromatic N) is 3. The van der Waals surface area contributed by atoms with Crippen LogP contribution in [0.1, 0.15) is 111 Å². The smallest absolute Gasteiger partial charge is 0.408 e. The van der Waals surface area contributed by atoms with Crippen molar-refractivity contribution in [2.75, 3.05) is 13.7 Å². The zero-order valence-corrected chi connectivity index (χ0v) is 41.0. The summed E-state index contributed by atoms with van der Waals surface area (Å²) in [5.41, 5.74) is -1.21. The van der Waals surface area contributed by atoms with Gasteiger partial charge in [0.2, 0.25) is 23.6 Å². The van der Waals surface area contributed by atoms with E-state index in [-0.39, 0.29) is 45.1 Å². The molecule has 5 atom stereocenters. The lowest BCUT2D eigenvalue weighted by Gasteiger charge is -2.34. The Morgan fingerprint density at radius 1 is 0.761 bits per heavy atom. The molecule has 1 aliphatic heterocycles. The molecule has 17 nitrogen and oxygen atoms in total. The van der Waals surface area contributed by atoms with Gasteiger partial charge in [-0.15, -0.1) is 0 Å². The monoisotopic (exact) mass is 930 g/mol. The maximum Gasteiger partial charge on any atom is 0.408 e. The van der Waals surface area contributed by atoms with Gasteiger partial charge < -0.3 is 49.7 Å². The number of hydrogen-bond acceptors (Lipinski definition) is 11. The third-order valence-electron chi connectivity index (χ3n) is 11.4. The van der Waals surface area contributed by atoms with Crippen LogP contribution in [-0.2, 0) is 64.5 Å². The minimum Gasteiger partial charge on any atom is -0.488 e. The van der Waals surface area contributed by atoms with Gasteiger partial charge in [-0.05, 0) is 98.4 Å². The number of rotatable bonds is 17. The van der Waals surface area contributed by atoms with Gasteiger partial charge in [0.25, 0.3) is 0 Å². The first-order valence-corrected chi connectivity index (χ1v) is 23.1. The Morgan fingerprint density at radius 3 is 1.96 bits per heavy atom. The molecule has 5 amide bonds. The summed E-state index contributed by atoms with van der Waals surface area (Å²) >= 11 is 0. The third-order valence-corrected chi connectivity index (χ3v) is 11.4. The van der Waals surface area contributed by atoms with Crippen molar-refractivity contribution in [2.45, 2.75) is 166 Å².